The van der Waals surface area contributed by atoms with Gasteiger partial charge in [-0.25, -0.2) is 8.42 Å². The summed E-state index contributed by atoms with van der Waals surface area (Å²) >= 11 is 12.9. The Morgan fingerprint density at radius 3 is 2.59 bits per heavy atom. The van der Waals surface area contributed by atoms with Crippen LogP contribution in [0.4, 0.5) is 0 Å². The highest BCUT2D eigenvalue weighted by Gasteiger charge is 2.22. The topological polar surface area (TPSA) is 94.8 Å². The predicted molar refractivity (Wildman–Crippen MR) is 83.4 cm³/mol. The van der Waals surface area contributed by atoms with Gasteiger partial charge in [-0.3, -0.25) is 4.79 Å². The average molecular weight is 381 g/mol. The molecule has 22 heavy (non-hydrogen) atoms. The van der Waals surface area contributed by atoms with Gasteiger partial charge in [-0.1, -0.05) is 23.4 Å². The minimum atomic E-state index is -3.55. The molecule has 1 aromatic heterocycles. The van der Waals surface area contributed by atoms with Crippen molar-refractivity contribution >= 4 is 50.0 Å². The first-order valence-electron chi connectivity index (χ1n) is 5.77. The van der Waals surface area contributed by atoms with E-state index < -0.39 is 15.1 Å². The number of sulfone groups is 1. The van der Waals surface area contributed by atoms with E-state index in [0.717, 1.165) is 6.26 Å². The molecular weight excluding hydrogens is 371 g/mol. The standard InChI is InChI=1S/C11H10Cl2N4O3S2/c1-21-11-14-16-17(15-11)5-7-8(22(2,19)20)4-3-6(9(7)12)10(13)18/h3-4H,5H2,1-2H3. The van der Waals surface area contributed by atoms with Crippen LogP contribution >= 0.6 is 35.0 Å². The van der Waals surface area contributed by atoms with Crippen LogP contribution in [0.1, 0.15) is 15.9 Å². The lowest BCUT2D eigenvalue weighted by Gasteiger charge is -2.11. The van der Waals surface area contributed by atoms with E-state index in [1.807, 2.05) is 0 Å². The van der Waals surface area contributed by atoms with Gasteiger partial charge in [0.05, 0.1) is 22.0 Å². The Morgan fingerprint density at radius 1 is 1.41 bits per heavy atom. The van der Waals surface area contributed by atoms with E-state index in [-0.39, 0.29) is 27.6 Å². The summed E-state index contributed by atoms with van der Waals surface area (Å²) in [5.74, 6) is 0. The predicted octanol–water partition coefficient (Wildman–Crippen LogP) is 1.88. The molecule has 0 N–H and O–H groups in total. The zero-order chi connectivity index (χ0) is 16.5. The fourth-order valence-corrected chi connectivity index (χ4v) is 3.56. The molecule has 0 spiro atoms. The molecule has 2 aromatic rings. The normalized spacial score (nSPS) is 11.6. The fourth-order valence-electron chi connectivity index (χ4n) is 1.77. The lowest BCUT2D eigenvalue weighted by atomic mass is 10.1. The Balaban J connectivity index is 2.59. The van der Waals surface area contributed by atoms with Crippen LogP contribution in [0.15, 0.2) is 22.2 Å². The minimum Gasteiger partial charge on any atom is -0.276 e. The quantitative estimate of drug-likeness (QED) is 0.576. The Hall–Kier alpha value is -1.16. The molecule has 1 aromatic carbocycles. The van der Waals surface area contributed by atoms with Gasteiger partial charge in [-0.15, -0.1) is 10.2 Å². The Kier molecular flexibility index (Phi) is 5.10. The van der Waals surface area contributed by atoms with Crippen LogP contribution in [-0.4, -0.2) is 46.4 Å². The van der Waals surface area contributed by atoms with E-state index in [1.165, 1.54) is 28.7 Å². The molecule has 0 aliphatic carbocycles. The molecule has 7 nitrogen and oxygen atoms in total. The lowest BCUT2D eigenvalue weighted by Crippen LogP contribution is -2.12. The second-order valence-electron chi connectivity index (χ2n) is 4.26. The molecule has 0 unspecified atom stereocenters. The van der Waals surface area contributed by atoms with Crippen molar-refractivity contribution in [2.75, 3.05) is 12.5 Å². The number of rotatable bonds is 5. The van der Waals surface area contributed by atoms with Crippen molar-refractivity contribution in [1.29, 1.82) is 0 Å². The highest BCUT2D eigenvalue weighted by Crippen LogP contribution is 2.29. The van der Waals surface area contributed by atoms with Gasteiger partial charge in [-0.2, -0.15) is 4.80 Å². The Morgan fingerprint density at radius 2 is 2.09 bits per heavy atom. The molecule has 118 valence electrons. The average Bonchev–Trinajstić information content (AvgIpc) is 2.87. The maximum absolute atomic E-state index is 11.9. The molecule has 1 heterocycles. The maximum atomic E-state index is 11.9. The minimum absolute atomic E-state index is 0.0119. The van der Waals surface area contributed by atoms with E-state index in [0.29, 0.717) is 5.16 Å². The Labute approximate surface area is 140 Å². The SMILES string of the molecule is CSc1nnn(Cc2c(S(C)(=O)=O)ccc(C(=O)Cl)c2Cl)n1. The van der Waals surface area contributed by atoms with E-state index >= 15 is 0 Å². The molecule has 0 amide bonds. The van der Waals surface area contributed by atoms with Crippen LogP contribution in [0.25, 0.3) is 0 Å². The number of hydrogen-bond donors (Lipinski definition) is 0. The van der Waals surface area contributed by atoms with Gasteiger partial charge in [0, 0.05) is 11.8 Å². The van der Waals surface area contributed by atoms with Crippen molar-refractivity contribution in [1.82, 2.24) is 20.2 Å². The number of aromatic nitrogens is 4. The monoisotopic (exact) mass is 380 g/mol. The second kappa shape index (κ2) is 6.53. The number of carbonyl (C=O) groups excluding carboxylic acids is 1. The summed E-state index contributed by atoms with van der Waals surface area (Å²) in [6, 6.07) is 2.57. The molecule has 11 heteroatoms. The summed E-state index contributed by atoms with van der Waals surface area (Å²) < 4.78 is 23.8. The molecule has 0 fully saturated rings. The van der Waals surface area contributed by atoms with Gasteiger partial charge in [-0.05, 0) is 35.2 Å². The summed E-state index contributed by atoms with van der Waals surface area (Å²) in [5, 5.41) is 11.2. The summed E-state index contributed by atoms with van der Waals surface area (Å²) in [5.41, 5.74) is 0.219. The lowest BCUT2D eigenvalue weighted by molar-refractivity contribution is 0.108. The number of nitrogens with zero attached hydrogens (tertiary/aromatic N) is 4. The van der Waals surface area contributed by atoms with Crippen molar-refractivity contribution in [2.24, 2.45) is 0 Å². The number of hydrogen-bond acceptors (Lipinski definition) is 7. The molecular formula is C11H10Cl2N4O3S2. The van der Waals surface area contributed by atoms with Crippen molar-refractivity contribution in [2.45, 2.75) is 16.6 Å². The first-order chi connectivity index (χ1) is 10.2. The summed E-state index contributed by atoms with van der Waals surface area (Å²) in [4.78, 5) is 12.5. The Bertz CT molecular complexity index is 836. The number of tetrazole rings is 1. The van der Waals surface area contributed by atoms with Gasteiger partial charge in [0.1, 0.15) is 0 Å². The van der Waals surface area contributed by atoms with Gasteiger partial charge in [0.15, 0.2) is 9.84 Å². The highest BCUT2D eigenvalue weighted by molar-refractivity contribution is 7.98. The van der Waals surface area contributed by atoms with Crippen molar-refractivity contribution in [3.63, 3.8) is 0 Å². The number of carbonyl (C=O) groups is 1. The van der Waals surface area contributed by atoms with Crippen LogP contribution in [0, 0.1) is 0 Å². The molecule has 0 saturated heterocycles. The molecule has 0 atom stereocenters. The van der Waals surface area contributed by atoms with E-state index in [2.05, 4.69) is 15.4 Å². The zero-order valence-electron chi connectivity index (χ0n) is 11.4. The molecule has 0 saturated carbocycles. The summed E-state index contributed by atoms with van der Waals surface area (Å²) in [7, 11) is -3.55. The van der Waals surface area contributed by atoms with Crippen molar-refractivity contribution in [3.05, 3.63) is 28.3 Å². The van der Waals surface area contributed by atoms with E-state index in [9.17, 15) is 13.2 Å². The van der Waals surface area contributed by atoms with Crippen LogP contribution in [0.3, 0.4) is 0 Å². The van der Waals surface area contributed by atoms with Crippen molar-refractivity contribution in [3.8, 4) is 0 Å². The first-order valence-corrected chi connectivity index (χ1v) is 9.64. The van der Waals surface area contributed by atoms with Gasteiger partial charge >= 0.3 is 0 Å². The third-order valence-electron chi connectivity index (χ3n) is 2.73. The highest BCUT2D eigenvalue weighted by atomic mass is 35.5. The zero-order valence-corrected chi connectivity index (χ0v) is 14.6. The van der Waals surface area contributed by atoms with Gasteiger partial charge in [0.2, 0.25) is 5.16 Å². The molecule has 0 aliphatic heterocycles. The summed E-state index contributed by atoms with van der Waals surface area (Å²) in [6.45, 7) is -0.0488. The first kappa shape index (κ1) is 17.2. The molecule has 0 aliphatic rings. The number of thioether (sulfide) groups is 1. The van der Waals surface area contributed by atoms with E-state index in [1.54, 1.807) is 6.26 Å². The van der Waals surface area contributed by atoms with Crippen LogP contribution in [0.2, 0.25) is 5.02 Å². The van der Waals surface area contributed by atoms with Gasteiger partial charge in [0.25, 0.3) is 5.24 Å². The maximum Gasteiger partial charge on any atom is 0.253 e. The second-order valence-corrected chi connectivity index (χ2v) is 7.74. The van der Waals surface area contributed by atoms with Crippen molar-refractivity contribution < 1.29 is 13.2 Å². The summed E-state index contributed by atoms with van der Waals surface area (Å²) in [6.07, 6.45) is 2.83. The van der Waals surface area contributed by atoms with E-state index in [4.69, 9.17) is 23.2 Å². The van der Waals surface area contributed by atoms with Crippen LogP contribution < -0.4 is 0 Å². The third kappa shape index (κ3) is 3.60. The van der Waals surface area contributed by atoms with Crippen LogP contribution in [-0.2, 0) is 16.4 Å². The smallest absolute Gasteiger partial charge is 0.253 e. The van der Waals surface area contributed by atoms with Crippen LogP contribution in [0.5, 0.6) is 0 Å². The molecule has 0 radical (unpaired) electrons. The fraction of sp³-hybridized carbons (Fsp3) is 0.273. The third-order valence-corrected chi connectivity index (χ3v) is 5.07. The molecule has 0 bridgehead atoms. The van der Waals surface area contributed by atoms with Gasteiger partial charge < -0.3 is 0 Å². The molecule has 2 rings (SSSR count). The largest absolute Gasteiger partial charge is 0.276 e. The number of halogens is 2. The number of benzene rings is 1.